The van der Waals surface area contributed by atoms with Gasteiger partial charge in [0.1, 0.15) is 0 Å². The molecule has 222 valence electrons. The fraction of sp³-hybridized carbons (Fsp3) is 0.464. The van der Waals surface area contributed by atoms with E-state index in [1.165, 1.54) is 0 Å². The molecule has 2 fully saturated rings. The van der Waals surface area contributed by atoms with Crippen molar-refractivity contribution in [2.24, 2.45) is 4.99 Å². The molecule has 5 heterocycles. The molecule has 1 spiro atoms. The number of hydrogen-bond donors (Lipinski definition) is 4. The highest BCUT2D eigenvalue weighted by Gasteiger charge is 2.40. The number of piperidine rings is 1. The maximum absolute atomic E-state index is 13.6. The van der Waals surface area contributed by atoms with E-state index in [1.807, 2.05) is 35.4 Å². The minimum atomic E-state index is -0.591. The summed E-state index contributed by atoms with van der Waals surface area (Å²) < 4.78 is 13.7. The van der Waals surface area contributed by atoms with Crippen LogP contribution < -0.4 is 22.1 Å². The molecule has 3 aliphatic rings. The standard InChI is InChI=1S/C28H34ClN9O4/c29-22-24(31)34-23(30)21(33-22)25(39)35-27-32-16-28(36-27)8-11-38(12-9-28)26(40)18-4-3-5-19-17(18)7-10-37(19)13-15-42-20-6-1-2-14-41-20/h3-5,7,10,20H,1-2,6,8-9,11-16H2,(H4,30,31,34)(H2,32,35,36,39). The zero-order valence-electron chi connectivity index (χ0n) is 23.1. The maximum Gasteiger partial charge on any atom is 0.280 e. The summed E-state index contributed by atoms with van der Waals surface area (Å²) in [6.07, 6.45) is 6.39. The van der Waals surface area contributed by atoms with Crippen LogP contribution in [0.5, 0.6) is 0 Å². The number of fused-ring (bicyclic) bond motifs is 1. The van der Waals surface area contributed by atoms with Crippen molar-refractivity contribution < 1.29 is 19.1 Å². The molecule has 0 aliphatic carbocycles. The molecule has 42 heavy (non-hydrogen) atoms. The number of aromatic nitrogens is 3. The second-order valence-electron chi connectivity index (χ2n) is 10.9. The Hall–Kier alpha value is -3.94. The number of rotatable bonds is 6. The van der Waals surface area contributed by atoms with E-state index in [2.05, 4.69) is 30.2 Å². The highest BCUT2D eigenvalue weighted by atomic mass is 35.5. The molecule has 3 aliphatic heterocycles. The van der Waals surface area contributed by atoms with Gasteiger partial charge >= 0.3 is 0 Å². The van der Waals surface area contributed by atoms with E-state index in [9.17, 15) is 9.59 Å². The number of likely N-dealkylation sites (tertiary alicyclic amines) is 1. The SMILES string of the molecule is Nc1nc(N)c(C(=O)NC2=NCC3(CCN(C(=O)c4cccc5c4ccn5CCOC4CCCCO4)CC3)N2)nc1Cl. The lowest BCUT2D eigenvalue weighted by Crippen LogP contribution is -2.57. The van der Waals surface area contributed by atoms with Crippen LogP contribution in [-0.2, 0) is 16.0 Å². The third-order valence-electron chi connectivity index (χ3n) is 8.10. The van der Waals surface area contributed by atoms with Gasteiger partial charge in [-0.1, -0.05) is 17.7 Å². The summed E-state index contributed by atoms with van der Waals surface area (Å²) in [5.74, 6) is -0.444. The van der Waals surface area contributed by atoms with Gasteiger partial charge in [-0.05, 0) is 50.3 Å². The van der Waals surface area contributed by atoms with Gasteiger partial charge in [0.2, 0.25) is 0 Å². The van der Waals surface area contributed by atoms with Crippen molar-refractivity contribution in [2.45, 2.75) is 50.5 Å². The minimum absolute atomic E-state index is 0.00164. The van der Waals surface area contributed by atoms with Gasteiger partial charge in [0.25, 0.3) is 11.8 Å². The van der Waals surface area contributed by atoms with Crippen LogP contribution in [0.3, 0.4) is 0 Å². The van der Waals surface area contributed by atoms with E-state index in [-0.39, 0.29) is 40.2 Å². The zero-order chi connectivity index (χ0) is 29.3. The molecule has 1 atom stereocenters. The Kier molecular flexibility index (Phi) is 7.88. The molecule has 2 saturated heterocycles. The predicted molar refractivity (Wildman–Crippen MR) is 158 cm³/mol. The van der Waals surface area contributed by atoms with Gasteiger partial charge in [-0.25, -0.2) is 9.97 Å². The molecule has 6 rings (SSSR count). The largest absolute Gasteiger partial charge is 0.382 e. The molecule has 13 nitrogen and oxygen atoms in total. The maximum atomic E-state index is 13.6. The molecule has 2 aromatic heterocycles. The lowest BCUT2D eigenvalue weighted by Gasteiger charge is -2.39. The summed E-state index contributed by atoms with van der Waals surface area (Å²) in [6, 6.07) is 7.84. The van der Waals surface area contributed by atoms with E-state index in [0.717, 1.165) is 36.8 Å². The number of carbonyl (C=O) groups is 2. The van der Waals surface area contributed by atoms with E-state index < -0.39 is 5.91 Å². The highest BCUT2D eigenvalue weighted by molar-refractivity contribution is 6.31. The first-order chi connectivity index (χ1) is 20.3. The number of nitrogens with one attached hydrogen (secondary N) is 2. The van der Waals surface area contributed by atoms with E-state index >= 15 is 0 Å². The van der Waals surface area contributed by atoms with Crippen molar-refractivity contribution in [3.05, 3.63) is 46.9 Å². The number of carbonyl (C=O) groups excluding carboxylic acids is 2. The van der Waals surface area contributed by atoms with Crippen molar-refractivity contribution in [1.29, 1.82) is 0 Å². The Morgan fingerprint density at radius 1 is 1.17 bits per heavy atom. The minimum Gasteiger partial charge on any atom is -0.382 e. The van der Waals surface area contributed by atoms with Crippen LogP contribution in [-0.4, -0.2) is 81.9 Å². The highest BCUT2D eigenvalue weighted by Crippen LogP contribution is 2.29. The second-order valence-corrected chi connectivity index (χ2v) is 11.2. The number of nitrogens with zero attached hydrogens (tertiary/aromatic N) is 5. The van der Waals surface area contributed by atoms with Crippen LogP contribution in [0.1, 0.15) is 53.0 Å². The number of guanidine groups is 1. The van der Waals surface area contributed by atoms with Gasteiger partial charge in [-0.2, -0.15) is 0 Å². The quantitative estimate of drug-likeness (QED) is 0.333. The molecule has 0 bridgehead atoms. The third kappa shape index (κ3) is 5.72. The monoisotopic (exact) mass is 595 g/mol. The zero-order valence-corrected chi connectivity index (χ0v) is 23.9. The number of anilines is 2. The van der Waals surface area contributed by atoms with Crippen LogP contribution >= 0.6 is 11.6 Å². The first kappa shape index (κ1) is 28.2. The molecule has 14 heteroatoms. The normalized spacial score (nSPS) is 20.0. The summed E-state index contributed by atoms with van der Waals surface area (Å²) in [5, 5.41) is 6.85. The lowest BCUT2D eigenvalue weighted by molar-refractivity contribution is -0.163. The van der Waals surface area contributed by atoms with Crippen molar-refractivity contribution in [3.63, 3.8) is 0 Å². The summed E-state index contributed by atoms with van der Waals surface area (Å²) in [4.78, 5) is 40.5. The third-order valence-corrected chi connectivity index (χ3v) is 8.38. The summed E-state index contributed by atoms with van der Waals surface area (Å²) >= 11 is 5.90. The topological polar surface area (TPSA) is 175 Å². The molecule has 3 aromatic rings. The second kappa shape index (κ2) is 11.7. The Morgan fingerprint density at radius 3 is 2.79 bits per heavy atom. The molecule has 2 amide bonds. The molecular formula is C28H34ClN9O4. The average Bonchev–Trinajstić information content (AvgIpc) is 3.59. The number of halogens is 1. The Morgan fingerprint density at radius 2 is 2.00 bits per heavy atom. The van der Waals surface area contributed by atoms with Gasteiger partial charge in [-0.15, -0.1) is 0 Å². The molecule has 0 saturated carbocycles. The molecule has 1 unspecified atom stereocenters. The van der Waals surface area contributed by atoms with E-state index in [1.54, 1.807) is 0 Å². The van der Waals surface area contributed by atoms with Crippen molar-refractivity contribution in [3.8, 4) is 0 Å². The summed E-state index contributed by atoms with van der Waals surface area (Å²) in [7, 11) is 0. The van der Waals surface area contributed by atoms with Crippen LogP contribution in [0.2, 0.25) is 5.15 Å². The first-order valence-electron chi connectivity index (χ1n) is 14.1. The van der Waals surface area contributed by atoms with Gasteiger partial charge in [0.05, 0.1) is 18.7 Å². The molecule has 1 aromatic carbocycles. The smallest absolute Gasteiger partial charge is 0.280 e. The van der Waals surface area contributed by atoms with Gasteiger partial charge in [0.15, 0.2) is 34.7 Å². The van der Waals surface area contributed by atoms with Crippen molar-refractivity contribution in [2.75, 3.05) is 44.3 Å². The number of ether oxygens (including phenoxy) is 2. The summed E-state index contributed by atoms with van der Waals surface area (Å²) in [6.45, 7) is 3.57. The number of benzene rings is 1. The molecule has 6 N–H and O–H groups in total. The van der Waals surface area contributed by atoms with Crippen molar-refractivity contribution in [1.82, 2.24) is 30.1 Å². The fourth-order valence-corrected chi connectivity index (χ4v) is 5.85. The van der Waals surface area contributed by atoms with Crippen LogP contribution in [0, 0.1) is 0 Å². The number of hydrogen-bond acceptors (Lipinski definition) is 10. The van der Waals surface area contributed by atoms with Crippen molar-refractivity contribution >= 4 is 51.9 Å². The Bertz CT molecular complexity index is 1530. The molecular weight excluding hydrogens is 562 g/mol. The number of nitrogen functional groups attached to an aromatic ring is 2. The van der Waals surface area contributed by atoms with Gasteiger partial charge < -0.3 is 35.7 Å². The predicted octanol–water partition coefficient (Wildman–Crippen LogP) is 2.16. The first-order valence-corrected chi connectivity index (χ1v) is 14.5. The number of nitrogens with two attached hydrogens (primary N) is 2. The van der Waals surface area contributed by atoms with Crippen LogP contribution in [0.4, 0.5) is 11.6 Å². The number of amides is 2. The van der Waals surface area contributed by atoms with Crippen LogP contribution in [0.25, 0.3) is 10.9 Å². The van der Waals surface area contributed by atoms with Gasteiger partial charge in [0, 0.05) is 48.9 Å². The van der Waals surface area contributed by atoms with E-state index in [0.29, 0.717) is 57.2 Å². The van der Waals surface area contributed by atoms with Crippen LogP contribution in [0.15, 0.2) is 35.5 Å². The fourth-order valence-electron chi connectivity index (χ4n) is 5.73. The Balaban J connectivity index is 1.04. The summed E-state index contributed by atoms with van der Waals surface area (Å²) in [5.41, 5.74) is 12.6. The van der Waals surface area contributed by atoms with Gasteiger partial charge in [-0.3, -0.25) is 19.9 Å². The van der Waals surface area contributed by atoms with E-state index in [4.69, 9.17) is 32.5 Å². The average molecular weight is 596 g/mol. The Labute approximate surface area is 247 Å². The number of aliphatic imine (C=N–C) groups is 1. The molecule has 0 radical (unpaired) electrons. The lowest BCUT2D eigenvalue weighted by atomic mass is 9.88.